The van der Waals surface area contributed by atoms with Crippen LogP contribution >= 0.6 is 0 Å². The minimum atomic E-state index is 0. The lowest BCUT2D eigenvalue weighted by molar-refractivity contribution is 0.0537. The van der Waals surface area contributed by atoms with Crippen LogP contribution in [0, 0.1) is 29.6 Å². The molecule has 1 heteroatoms. The van der Waals surface area contributed by atoms with Crippen LogP contribution in [0.25, 0.3) is 0 Å². The minimum Gasteiger partial charge on any atom is -0.381 e. The third-order valence-electron chi connectivity index (χ3n) is 7.73. The summed E-state index contributed by atoms with van der Waals surface area (Å²) in [5, 5.41) is 0. The zero-order valence-electron chi connectivity index (χ0n) is 15.8. The standard InChI is InChI=1S/C22H40O.CH4/c1-17-3-11-20(12-4-17)21-13-7-18(8-14-21)5-6-19-9-15-22(23-2)16-10-19;/h17-22H,3-16H2,1-2H3;1H4. The first-order valence-electron chi connectivity index (χ1n) is 10.8. The van der Waals surface area contributed by atoms with Crippen molar-refractivity contribution in [3.05, 3.63) is 0 Å². The summed E-state index contributed by atoms with van der Waals surface area (Å²) < 4.78 is 5.51. The van der Waals surface area contributed by atoms with Crippen molar-refractivity contribution < 1.29 is 4.74 Å². The van der Waals surface area contributed by atoms with Gasteiger partial charge in [-0.05, 0) is 81.0 Å². The van der Waals surface area contributed by atoms with Crippen molar-refractivity contribution in [1.29, 1.82) is 0 Å². The average molecular weight is 337 g/mol. The summed E-state index contributed by atoms with van der Waals surface area (Å²) in [6.07, 6.45) is 21.4. The molecule has 142 valence electrons. The molecule has 3 aliphatic carbocycles. The van der Waals surface area contributed by atoms with Crippen LogP contribution < -0.4 is 0 Å². The van der Waals surface area contributed by atoms with E-state index in [0.717, 1.165) is 29.6 Å². The van der Waals surface area contributed by atoms with Gasteiger partial charge in [0.05, 0.1) is 6.10 Å². The molecular weight excluding hydrogens is 292 g/mol. The smallest absolute Gasteiger partial charge is 0.0571 e. The molecule has 0 saturated heterocycles. The summed E-state index contributed by atoms with van der Waals surface area (Å²) in [5.74, 6) is 5.27. The number of rotatable bonds is 5. The van der Waals surface area contributed by atoms with Gasteiger partial charge < -0.3 is 4.74 Å². The number of ether oxygens (including phenoxy) is 1. The van der Waals surface area contributed by atoms with Crippen molar-refractivity contribution in [3.8, 4) is 0 Å². The van der Waals surface area contributed by atoms with Crippen LogP contribution in [0.15, 0.2) is 0 Å². The lowest BCUT2D eigenvalue weighted by Crippen LogP contribution is -2.26. The normalized spacial score (nSPS) is 40.8. The van der Waals surface area contributed by atoms with E-state index in [1.165, 1.54) is 51.4 Å². The van der Waals surface area contributed by atoms with E-state index >= 15 is 0 Å². The molecule has 1 nitrogen and oxygen atoms in total. The highest BCUT2D eigenvalue weighted by molar-refractivity contribution is 4.82. The Morgan fingerprint density at radius 3 is 1.50 bits per heavy atom. The van der Waals surface area contributed by atoms with Gasteiger partial charge in [0, 0.05) is 7.11 Å². The van der Waals surface area contributed by atoms with E-state index in [4.69, 9.17) is 4.74 Å². The first-order valence-corrected chi connectivity index (χ1v) is 10.8. The molecule has 3 fully saturated rings. The van der Waals surface area contributed by atoms with Gasteiger partial charge in [0.25, 0.3) is 0 Å². The topological polar surface area (TPSA) is 9.23 Å². The third-order valence-corrected chi connectivity index (χ3v) is 7.73. The summed E-state index contributed by atoms with van der Waals surface area (Å²) >= 11 is 0. The lowest BCUT2D eigenvalue weighted by atomic mass is 9.68. The molecule has 0 aromatic heterocycles. The second-order valence-electron chi connectivity index (χ2n) is 9.26. The van der Waals surface area contributed by atoms with Crippen LogP contribution in [0.3, 0.4) is 0 Å². The van der Waals surface area contributed by atoms with Crippen LogP contribution in [0.1, 0.15) is 104 Å². The van der Waals surface area contributed by atoms with Crippen molar-refractivity contribution in [2.75, 3.05) is 7.11 Å². The first kappa shape index (κ1) is 20.3. The van der Waals surface area contributed by atoms with E-state index in [0.29, 0.717) is 6.10 Å². The highest BCUT2D eigenvalue weighted by Crippen LogP contribution is 2.42. The summed E-state index contributed by atoms with van der Waals surface area (Å²) in [5.41, 5.74) is 0. The molecular formula is C23H44O. The van der Waals surface area contributed by atoms with E-state index in [-0.39, 0.29) is 7.43 Å². The van der Waals surface area contributed by atoms with Gasteiger partial charge >= 0.3 is 0 Å². The molecule has 3 saturated carbocycles. The SMILES string of the molecule is C.COC1CCC(CCC2CCC(C3CCC(C)CC3)CC2)CC1. The maximum atomic E-state index is 5.51. The summed E-state index contributed by atoms with van der Waals surface area (Å²) in [7, 11) is 1.89. The van der Waals surface area contributed by atoms with Crippen LogP contribution in [0.5, 0.6) is 0 Å². The molecule has 0 spiro atoms. The fourth-order valence-corrected chi connectivity index (χ4v) is 5.83. The average Bonchev–Trinajstić information content (AvgIpc) is 2.61. The predicted octanol–water partition coefficient (Wildman–Crippen LogP) is 7.24. The predicted molar refractivity (Wildman–Crippen MR) is 105 cm³/mol. The van der Waals surface area contributed by atoms with Crippen molar-refractivity contribution in [1.82, 2.24) is 0 Å². The van der Waals surface area contributed by atoms with Gasteiger partial charge in [-0.1, -0.05) is 52.9 Å². The van der Waals surface area contributed by atoms with Gasteiger partial charge in [-0.3, -0.25) is 0 Å². The molecule has 0 heterocycles. The van der Waals surface area contributed by atoms with Crippen molar-refractivity contribution in [2.24, 2.45) is 29.6 Å². The fraction of sp³-hybridized carbons (Fsp3) is 1.00. The highest BCUT2D eigenvalue weighted by atomic mass is 16.5. The Morgan fingerprint density at radius 1 is 0.625 bits per heavy atom. The number of hydrogen-bond donors (Lipinski definition) is 0. The van der Waals surface area contributed by atoms with Gasteiger partial charge in [-0.15, -0.1) is 0 Å². The Labute approximate surface area is 152 Å². The van der Waals surface area contributed by atoms with Gasteiger partial charge in [-0.2, -0.15) is 0 Å². The molecule has 0 aromatic rings. The maximum absolute atomic E-state index is 5.51. The van der Waals surface area contributed by atoms with Gasteiger partial charge in [0.1, 0.15) is 0 Å². The van der Waals surface area contributed by atoms with E-state index in [1.54, 1.807) is 38.5 Å². The minimum absolute atomic E-state index is 0. The summed E-state index contributed by atoms with van der Waals surface area (Å²) in [4.78, 5) is 0. The summed E-state index contributed by atoms with van der Waals surface area (Å²) in [6, 6.07) is 0. The molecule has 0 amide bonds. The molecule has 0 N–H and O–H groups in total. The van der Waals surface area contributed by atoms with E-state index < -0.39 is 0 Å². The fourth-order valence-electron chi connectivity index (χ4n) is 5.83. The Kier molecular flexibility index (Phi) is 8.61. The Balaban J connectivity index is 0.00000208. The number of hydrogen-bond acceptors (Lipinski definition) is 1. The molecule has 0 radical (unpaired) electrons. The highest BCUT2D eigenvalue weighted by Gasteiger charge is 2.30. The Morgan fingerprint density at radius 2 is 1.04 bits per heavy atom. The monoisotopic (exact) mass is 336 g/mol. The lowest BCUT2D eigenvalue weighted by Gasteiger charge is -2.37. The molecule has 24 heavy (non-hydrogen) atoms. The second kappa shape index (κ2) is 10.2. The zero-order chi connectivity index (χ0) is 16.1. The van der Waals surface area contributed by atoms with Crippen LogP contribution in [0.2, 0.25) is 0 Å². The van der Waals surface area contributed by atoms with Gasteiger partial charge in [-0.25, -0.2) is 0 Å². The van der Waals surface area contributed by atoms with Crippen LogP contribution in [-0.4, -0.2) is 13.2 Å². The summed E-state index contributed by atoms with van der Waals surface area (Å²) in [6.45, 7) is 2.45. The van der Waals surface area contributed by atoms with Crippen LogP contribution in [0.4, 0.5) is 0 Å². The largest absolute Gasteiger partial charge is 0.381 e. The van der Waals surface area contributed by atoms with E-state index in [2.05, 4.69) is 6.92 Å². The zero-order valence-corrected chi connectivity index (χ0v) is 15.8. The molecule has 0 aliphatic heterocycles. The Bertz CT molecular complexity index is 315. The molecule has 0 aromatic carbocycles. The van der Waals surface area contributed by atoms with Gasteiger partial charge in [0.2, 0.25) is 0 Å². The molecule has 3 rings (SSSR count). The van der Waals surface area contributed by atoms with E-state index in [1.807, 2.05) is 7.11 Å². The van der Waals surface area contributed by atoms with Crippen molar-refractivity contribution >= 4 is 0 Å². The quantitative estimate of drug-likeness (QED) is 0.514. The Hall–Kier alpha value is -0.0400. The van der Waals surface area contributed by atoms with Crippen molar-refractivity contribution in [2.45, 2.75) is 110 Å². The number of methoxy groups -OCH3 is 1. The molecule has 0 atom stereocenters. The molecule has 0 bridgehead atoms. The maximum Gasteiger partial charge on any atom is 0.0571 e. The van der Waals surface area contributed by atoms with Crippen molar-refractivity contribution in [3.63, 3.8) is 0 Å². The molecule has 0 unspecified atom stereocenters. The van der Waals surface area contributed by atoms with Crippen LogP contribution in [-0.2, 0) is 4.74 Å². The molecule has 3 aliphatic rings. The first-order chi connectivity index (χ1) is 11.2. The third kappa shape index (κ3) is 5.75. The van der Waals surface area contributed by atoms with E-state index in [9.17, 15) is 0 Å². The second-order valence-corrected chi connectivity index (χ2v) is 9.26. The van der Waals surface area contributed by atoms with Gasteiger partial charge in [0.15, 0.2) is 0 Å².